The van der Waals surface area contributed by atoms with Gasteiger partial charge in [-0.1, -0.05) is 19.3 Å². The molecule has 1 amide bonds. The Morgan fingerprint density at radius 2 is 2.15 bits per heavy atom. The van der Waals surface area contributed by atoms with Crippen molar-refractivity contribution in [2.45, 2.75) is 37.6 Å². The standard InChI is InChI=1S/C14H15N5O/c15-10-14(4-2-1-3-5-14)18-13(20)11-8-17-19-7-6-16-9-12(11)19/h6-9H,1-5H2,(H,18,20). The molecule has 0 aliphatic heterocycles. The summed E-state index contributed by atoms with van der Waals surface area (Å²) < 4.78 is 1.60. The molecule has 0 unspecified atom stereocenters. The molecular weight excluding hydrogens is 254 g/mol. The summed E-state index contributed by atoms with van der Waals surface area (Å²) in [6.07, 6.45) is 10.9. The minimum absolute atomic E-state index is 0.253. The van der Waals surface area contributed by atoms with Gasteiger partial charge >= 0.3 is 0 Å². The quantitative estimate of drug-likeness (QED) is 0.899. The van der Waals surface area contributed by atoms with Crippen molar-refractivity contribution in [2.75, 3.05) is 0 Å². The molecule has 0 radical (unpaired) electrons. The smallest absolute Gasteiger partial charge is 0.256 e. The Balaban J connectivity index is 1.87. The van der Waals surface area contributed by atoms with Crippen LogP contribution in [0.25, 0.3) is 5.52 Å². The molecule has 0 bridgehead atoms. The van der Waals surface area contributed by atoms with Crippen molar-refractivity contribution >= 4 is 11.4 Å². The predicted octanol–water partition coefficient (Wildman–Crippen LogP) is 1.69. The lowest BCUT2D eigenvalue weighted by Crippen LogP contribution is -2.48. The number of carbonyl (C=O) groups is 1. The summed E-state index contributed by atoms with van der Waals surface area (Å²) >= 11 is 0. The molecule has 20 heavy (non-hydrogen) atoms. The molecule has 1 N–H and O–H groups in total. The van der Waals surface area contributed by atoms with E-state index in [9.17, 15) is 10.1 Å². The molecule has 2 aromatic heterocycles. The maximum absolute atomic E-state index is 12.4. The second-order valence-electron chi connectivity index (χ2n) is 5.17. The van der Waals surface area contributed by atoms with Crippen LogP contribution >= 0.6 is 0 Å². The molecule has 0 spiro atoms. The summed E-state index contributed by atoms with van der Waals surface area (Å²) in [5, 5.41) is 16.4. The van der Waals surface area contributed by atoms with Crippen LogP contribution in [0.3, 0.4) is 0 Å². The highest BCUT2D eigenvalue weighted by Gasteiger charge is 2.34. The number of fused-ring (bicyclic) bond motifs is 1. The number of hydrogen-bond acceptors (Lipinski definition) is 4. The topological polar surface area (TPSA) is 83.1 Å². The summed E-state index contributed by atoms with van der Waals surface area (Å²) in [5.41, 5.74) is 0.374. The van der Waals surface area contributed by atoms with Crippen LogP contribution in [-0.2, 0) is 0 Å². The van der Waals surface area contributed by atoms with Gasteiger partial charge in [-0.25, -0.2) is 4.52 Å². The summed E-state index contributed by atoms with van der Waals surface area (Å²) in [6, 6.07) is 2.28. The van der Waals surface area contributed by atoms with Gasteiger partial charge in [-0.3, -0.25) is 9.78 Å². The van der Waals surface area contributed by atoms with Gasteiger partial charge in [-0.2, -0.15) is 10.4 Å². The maximum atomic E-state index is 12.4. The molecule has 1 saturated carbocycles. The zero-order valence-electron chi connectivity index (χ0n) is 11.0. The van der Waals surface area contributed by atoms with E-state index >= 15 is 0 Å². The van der Waals surface area contributed by atoms with Crippen molar-refractivity contribution in [2.24, 2.45) is 0 Å². The summed E-state index contributed by atoms with van der Waals surface area (Å²) in [6.45, 7) is 0. The minimum Gasteiger partial charge on any atom is -0.334 e. The van der Waals surface area contributed by atoms with Crippen LogP contribution < -0.4 is 5.32 Å². The Hall–Kier alpha value is -2.42. The van der Waals surface area contributed by atoms with Gasteiger partial charge in [0.05, 0.1) is 29.5 Å². The Bertz CT molecular complexity index is 678. The first-order valence-electron chi connectivity index (χ1n) is 6.75. The second kappa shape index (κ2) is 4.93. The van der Waals surface area contributed by atoms with Crippen molar-refractivity contribution in [1.82, 2.24) is 19.9 Å². The van der Waals surface area contributed by atoms with E-state index in [-0.39, 0.29) is 5.91 Å². The van der Waals surface area contributed by atoms with Gasteiger partial charge in [0, 0.05) is 12.4 Å². The lowest BCUT2D eigenvalue weighted by molar-refractivity contribution is 0.0904. The lowest BCUT2D eigenvalue weighted by Gasteiger charge is -2.31. The van der Waals surface area contributed by atoms with Crippen LogP contribution in [0.15, 0.2) is 24.8 Å². The van der Waals surface area contributed by atoms with E-state index in [0.717, 1.165) is 19.3 Å². The Labute approximate surface area is 116 Å². The molecule has 1 fully saturated rings. The van der Waals surface area contributed by atoms with Crippen LogP contribution in [0.1, 0.15) is 42.5 Å². The molecule has 6 nitrogen and oxygen atoms in total. The first-order valence-corrected chi connectivity index (χ1v) is 6.75. The fourth-order valence-electron chi connectivity index (χ4n) is 2.71. The zero-order valence-corrected chi connectivity index (χ0v) is 11.0. The Morgan fingerprint density at radius 3 is 2.90 bits per heavy atom. The molecule has 1 aliphatic carbocycles. The van der Waals surface area contributed by atoms with Gasteiger partial charge in [0.2, 0.25) is 0 Å². The van der Waals surface area contributed by atoms with Crippen LogP contribution in [0, 0.1) is 11.3 Å². The van der Waals surface area contributed by atoms with E-state index in [2.05, 4.69) is 21.5 Å². The van der Waals surface area contributed by atoms with Crippen LogP contribution in [0.4, 0.5) is 0 Å². The van der Waals surface area contributed by atoms with Gasteiger partial charge in [0.25, 0.3) is 5.91 Å². The molecule has 0 aromatic carbocycles. The monoisotopic (exact) mass is 269 g/mol. The maximum Gasteiger partial charge on any atom is 0.256 e. The molecule has 3 rings (SSSR count). The van der Waals surface area contributed by atoms with Crippen molar-refractivity contribution in [3.8, 4) is 6.07 Å². The Kier molecular flexibility index (Phi) is 3.11. The molecule has 0 atom stereocenters. The van der Waals surface area contributed by atoms with Gasteiger partial charge in [0.1, 0.15) is 5.54 Å². The molecule has 2 aromatic rings. The van der Waals surface area contributed by atoms with E-state index in [1.165, 1.54) is 6.20 Å². The number of hydrogen-bond donors (Lipinski definition) is 1. The van der Waals surface area contributed by atoms with Crippen molar-refractivity contribution < 1.29 is 4.79 Å². The normalized spacial score (nSPS) is 17.6. The fourth-order valence-corrected chi connectivity index (χ4v) is 2.71. The van der Waals surface area contributed by atoms with Crippen molar-refractivity contribution in [3.63, 3.8) is 0 Å². The van der Waals surface area contributed by atoms with E-state index in [1.54, 1.807) is 23.1 Å². The fraction of sp³-hybridized carbons (Fsp3) is 0.429. The van der Waals surface area contributed by atoms with Gasteiger partial charge in [-0.15, -0.1) is 0 Å². The summed E-state index contributed by atoms with van der Waals surface area (Å²) in [4.78, 5) is 16.4. The van der Waals surface area contributed by atoms with E-state index in [1.807, 2.05) is 0 Å². The van der Waals surface area contributed by atoms with E-state index in [4.69, 9.17) is 0 Å². The lowest BCUT2D eigenvalue weighted by atomic mass is 9.82. The SMILES string of the molecule is N#CC1(NC(=O)c2cnn3ccncc23)CCCCC1. The van der Waals surface area contributed by atoms with Crippen molar-refractivity contribution in [3.05, 3.63) is 30.4 Å². The number of carbonyl (C=O) groups excluding carboxylic acids is 1. The van der Waals surface area contributed by atoms with Crippen LogP contribution in [0.2, 0.25) is 0 Å². The number of rotatable bonds is 2. The average molecular weight is 269 g/mol. The molecular formula is C14H15N5O. The van der Waals surface area contributed by atoms with Crippen LogP contribution in [0.5, 0.6) is 0 Å². The summed E-state index contributed by atoms with van der Waals surface area (Å²) in [7, 11) is 0. The summed E-state index contributed by atoms with van der Waals surface area (Å²) in [5.74, 6) is -0.253. The van der Waals surface area contributed by atoms with Gasteiger partial charge < -0.3 is 5.32 Å². The second-order valence-corrected chi connectivity index (χ2v) is 5.17. The first-order chi connectivity index (χ1) is 9.74. The van der Waals surface area contributed by atoms with E-state index < -0.39 is 5.54 Å². The predicted molar refractivity (Wildman–Crippen MR) is 71.9 cm³/mol. The van der Waals surface area contributed by atoms with Gasteiger partial charge in [0.15, 0.2) is 0 Å². The van der Waals surface area contributed by atoms with Crippen molar-refractivity contribution in [1.29, 1.82) is 5.26 Å². The number of nitrogens with one attached hydrogen (secondary N) is 1. The number of nitriles is 1. The average Bonchev–Trinajstić information content (AvgIpc) is 2.92. The number of nitrogens with zero attached hydrogens (tertiary/aromatic N) is 4. The molecule has 102 valence electrons. The third kappa shape index (κ3) is 2.11. The minimum atomic E-state index is -0.730. The molecule has 1 aliphatic rings. The number of amides is 1. The van der Waals surface area contributed by atoms with Crippen LogP contribution in [-0.4, -0.2) is 26.0 Å². The highest BCUT2D eigenvalue weighted by atomic mass is 16.1. The zero-order chi connectivity index (χ0) is 14.0. The van der Waals surface area contributed by atoms with Gasteiger partial charge in [-0.05, 0) is 12.8 Å². The van der Waals surface area contributed by atoms with E-state index in [0.29, 0.717) is 23.9 Å². The molecule has 0 saturated heterocycles. The third-order valence-electron chi connectivity index (χ3n) is 3.84. The highest BCUT2D eigenvalue weighted by Crippen LogP contribution is 2.28. The molecule has 2 heterocycles. The largest absolute Gasteiger partial charge is 0.334 e. The Morgan fingerprint density at radius 1 is 1.35 bits per heavy atom. The first kappa shape index (κ1) is 12.6. The third-order valence-corrected chi connectivity index (χ3v) is 3.84. The number of aromatic nitrogens is 3. The highest BCUT2D eigenvalue weighted by molar-refractivity contribution is 6.01. The molecule has 6 heteroatoms.